The predicted molar refractivity (Wildman–Crippen MR) is 133 cm³/mol. The van der Waals surface area contributed by atoms with E-state index < -0.39 is 17.3 Å². The third-order valence-electron chi connectivity index (χ3n) is 5.52. The van der Waals surface area contributed by atoms with Crippen molar-refractivity contribution in [3.05, 3.63) is 51.7 Å². The van der Waals surface area contributed by atoms with E-state index in [4.69, 9.17) is 4.74 Å². The number of methoxy groups -OCH3 is 1. The lowest BCUT2D eigenvalue weighted by atomic mass is 10.0. The molecule has 4 heterocycles. The number of hydrogen-bond donors (Lipinski definition) is 2. The minimum absolute atomic E-state index is 0.0148. The number of amides is 2. The molecule has 0 radical (unpaired) electrons. The quantitative estimate of drug-likeness (QED) is 0.562. The molecule has 2 amide bonds. The Morgan fingerprint density at radius 2 is 2.03 bits per heavy atom. The van der Waals surface area contributed by atoms with Gasteiger partial charge in [-0.25, -0.2) is 14.6 Å². The van der Waals surface area contributed by atoms with E-state index in [2.05, 4.69) is 30.1 Å². The van der Waals surface area contributed by atoms with Crippen molar-refractivity contribution in [1.82, 2.24) is 29.6 Å². The topological polar surface area (TPSA) is 144 Å². The lowest BCUT2D eigenvalue weighted by molar-refractivity contribution is 0.0270. The zero-order valence-electron chi connectivity index (χ0n) is 20.9. The fourth-order valence-electron chi connectivity index (χ4n) is 3.83. The van der Waals surface area contributed by atoms with E-state index in [9.17, 15) is 14.4 Å². The number of aromatic nitrogens is 5. The smallest absolute Gasteiger partial charge is 0.413 e. The highest BCUT2D eigenvalue weighted by molar-refractivity contribution is 5.84. The molecular formula is C24H29N7O5. The van der Waals surface area contributed by atoms with Crippen LogP contribution in [-0.4, -0.2) is 67.6 Å². The summed E-state index contributed by atoms with van der Waals surface area (Å²) in [5, 5.41) is 6.81. The summed E-state index contributed by atoms with van der Waals surface area (Å²) >= 11 is 0. The van der Waals surface area contributed by atoms with Crippen molar-refractivity contribution in [3.8, 4) is 0 Å². The summed E-state index contributed by atoms with van der Waals surface area (Å²) in [6.45, 7) is 8.63. The number of carbonyl (C=O) groups is 2. The summed E-state index contributed by atoms with van der Waals surface area (Å²) in [6, 6.07) is 3.85. The van der Waals surface area contributed by atoms with Crippen molar-refractivity contribution in [1.29, 1.82) is 0 Å². The van der Waals surface area contributed by atoms with Crippen molar-refractivity contribution in [2.24, 2.45) is 0 Å². The molecule has 190 valence electrons. The van der Waals surface area contributed by atoms with Crippen LogP contribution in [0.2, 0.25) is 0 Å². The Hall–Kier alpha value is -4.22. The molecule has 4 rings (SSSR count). The molecule has 0 atom stereocenters. The number of fused-ring (bicyclic) bond motifs is 1. The van der Waals surface area contributed by atoms with Crippen LogP contribution in [0.1, 0.15) is 44.1 Å². The number of anilines is 1. The summed E-state index contributed by atoms with van der Waals surface area (Å²) in [6.07, 6.45) is 3.36. The molecule has 0 unspecified atom stereocenters. The first-order valence-corrected chi connectivity index (χ1v) is 11.5. The van der Waals surface area contributed by atoms with E-state index in [0.717, 1.165) is 16.8 Å². The monoisotopic (exact) mass is 495 g/mol. The number of hydrogen-bond acceptors (Lipinski definition) is 8. The third-order valence-corrected chi connectivity index (χ3v) is 5.52. The molecule has 0 fully saturated rings. The van der Waals surface area contributed by atoms with Gasteiger partial charge in [-0.1, -0.05) is 12.1 Å². The average molecular weight is 496 g/mol. The van der Waals surface area contributed by atoms with Gasteiger partial charge < -0.3 is 14.4 Å². The number of rotatable bonds is 4. The summed E-state index contributed by atoms with van der Waals surface area (Å²) < 4.78 is 11.5. The van der Waals surface area contributed by atoms with E-state index in [1.807, 2.05) is 39.0 Å². The Morgan fingerprint density at radius 3 is 2.64 bits per heavy atom. The normalized spacial score (nSPS) is 13.9. The maximum atomic E-state index is 12.7. The molecule has 12 heteroatoms. The van der Waals surface area contributed by atoms with Gasteiger partial charge in [-0.15, -0.1) is 0 Å². The van der Waals surface area contributed by atoms with E-state index in [1.165, 1.54) is 7.11 Å². The number of aromatic amines is 1. The molecule has 0 aliphatic carbocycles. The number of carbonyl (C=O) groups excluding carboxylic acids is 2. The van der Waals surface area contributed by atoms with Gasteiger partial charge >= 0.3 is 12.2 Å². The first-order chi connectivity index (χ1) is 17.0. The Balaban J connectivity index is 1.48. The van der Waals surface area contributed by atoms with Gasteiger partial charge in [0.1, 0.15) is 11.1 Å². The fourth-order valence-corrected chi connectivity index (χ4v) is 3.83. The van der Waals surface area contributed by atoms with Gasteiger partial charge in [0.25, 0.3) is 5.56 Å². The fraction of sp³-hybridized carbons (Fsp3) is 0.417. The van der Waals surface area contributed by atoms with Crippen LogP contribution < -0.4 is 10.9 Å². The van der Waals surface area contributed by atoms with Crippen molar-refractivity contribution in [2.75, 3.05) is 25.5 Å². The van der Waals surface area contributed by atoms with Crippen LogP contribution in [-0.2, 0) is 16.0 Å². The first kappa shape index (κ1) is 24.9. The summed E-state index contributed by atoms with van der Waals surface area (Å²) in [4.78, 5) is 49.5. The van der Waals surface area contributed by atoms with Crippen LogP contribution in [0.5, 0.6) is 0 Å². The van der Waals surface area contributed by atoms with Gasteiger partial charge in [-0.2, -0.15) is 5.10 Å². The van der Waals surface area contributed by atoms with Crippen molar-refractivity contribution >= 4 is 34.7 Å². The minimum atomic E-state index is -0.737. The molecule has 0 aromatic carbocycles. The van der Waals surface area contributed by atoms with Gasteiger partial charge in [0, 0.05) is 19.3 Å². The lowest BCUT2D eigenvalue weighted by Gasteiger charge is -2.29. The molecule has 12 nitrogen and oxygen atoms in total. The Labute approximate surface area is 207 Å². The molecule has 36 heavy (non-hydrogen) atoms. The number of H-pyrrole nitrogens is 1. The van der Waals surface area contributed by atoms with Crippen LogP contribution in [0.4, 0.5) is 15.5 Å². The van der Waals surface area contributed by atoms with E-state index >= 15 is 0 Å². The number of pyridine rings is 1. The molecule has 1 aliphatic rings. The number of ether oxygens (including phenoxy) is 2. The van der Waals surface area contributed by atoms with Crippen LogP contribution in [0.15, 0.2) is 29.2 Å². The molecule has 0 bridgehead atoms. The largest absolute Gasteiger partial charge is 0.453 e. The van der Waals surface area contributed by atoms with Gasteiger partial charge in [0.2, 0.25) is 5.95 Å². The van der Waals surface area contributed by atoms with Crippen molar-refractivity contribution in [2.45, 2.75) is 46.3 Å². The second-order valence-electron chi connectivity index (χ2n) is 9.43. The SMILES string of the molecule is COC(=O)Nc1nc2c(C)nn(Cc3ccc(C4=CCN(C(=O)OC(C)(C)C)CC4)nc3)c2c(=O)[nH]1. The molecular weight excluding hydrogens is 466 g/mol. The summed E-state index contributed by atoms with van der Waals surface area (Å²) in [5.41, 5.74) is 3.02. The number of aryl methyl sites for hydroxylation is 1. The van der Waals surface area contributed by atoms with E-state index in [1.54, 1.807) is 22.7 Å². The highest BCUT2D eigenvalue weighted by Crippen LogP contribution is 2.23. The Bertz CT molecular complexity index is 1380. The standard InChI is InChI=1S/C24H29N7O5/c1-14-18-19(20(32)27-21(26-18)28-22(33)35-5)31(29-14)13-15-6-7-17(25-12-15)16-8-10-30(11-9-16)23(34)36-24(2,3)4/h6-8,12H,9-11,13H2,1-5H3,(H2,26,27,28,32,33). The van der Waals surface area contributed by atoms with Crippen molar-refractivity contribution in [3.63, 3.8) is 0 Å². The molecule has 0 saturated carbocycles. The van der Waals surface area contributed by atoms with Crippen molar-refractivity contribution < 1.29 is 19.1 Å². The van der Waals surface area contributed by atoms with Gasteiger partial charge in [0.05, 0.1) is 25.0 Å². The molecule has 3 aromatic heterocycles. The van der Waals surface area contributed by atoms with Gasteiger partial charge in [-0.05, 0) is 51.3 Å². The predicted octanol–water partition coefficient (Wildman–Crippen LogP) is 3.07. The zero-order chi connectivity index (χ0) is 26.0. The van der Waals surface area contributed by atoms with Gasteiger partial charge in [0.15, 0.2) is 5.52 Å². The molecule has 1 aliphatic heterocycles. The van der Waals surface area contributed by atoms with E-state index in [-0.39, 0.29) is 12.0 Å². The summed E-state index contributed by atoms with van der Waals surface area (Å²) in [7, 11) is 1.22. The molecule has 2 N–H and O–H groups in total. The Kier molecular flexibility index (Phi) is 6.77. The highest BCUT2D eigenvalue weighted by Gasteiger charge is 2.24. The molecule has 3 aromatic rings. The first-order valence-electron chi connectivity index (χ1n) is 11.5. The van der Waals surface area contributed by atoms with Gasteiger partial charge in [-0.3, -0.25) is 24.8 Å². The minimum Gasteiger partial charge on any atom is -0.453 e. The maximum Gasteiger partial charge on any atom is 0.413 e. The number of nitrogens with zero attached hydrogens (tertiary/aromatic N) is 5. The van der Waals surface area contributed by atoms with E-state index in [0.29, 0.717) is 42.8 Å². The third kappa shape index (κ3) is 5.53. The van der Waals surface area contributed by atoms with Crippen LogP contribution >= 0.6 is 0 Å². The highest BCUT2D eigenvalue weighted by atomic mass is 16.6. The molecule has 0 saturated heterocycles. The zero-order valence-corrected chi connectivity index (χ0v) is 20.9. The lowest BCUT2D eigenvalue weighted by Crippen LogP contribution is -2.39. The second kappa shape index (κ2) is 9.80. The van der Waals surface area contributed by atoms with Crippen LogP contribution in [0.25, 0.3) is 16.6 Å². The summed E-state index contributed by atoms with van der Waals surface area (Å²) in [5.74, 6) is -0.0148. The van der Waals surface area contributed by atoms with Crippen LogP contribution in [0, 0.1) is 6.92 Å². The Morgan fingerprint density at radius 1 is 1.25 bits per heavy atom. The maximum absolute atomic E-state index is 12.7. The molecule has 0 spiro atoms. The number of nitrogens with one attached hydrogen (secondary N) is 2. The van der Waals surface area contributed by atoms with Crippen LogP contribution in [0.3, 0.4) is 0 Å². The second-order valence-corrected chi connectivity index (χ2v) is 9.43. The average Bonchev–Trinajstić information content (AvgIpc) is 3.13.